The Hall–Kier alpha value is -2.98. The van der Waals surface area contributed by atoms with Crippen molar-refractivity contribution in [2.45, 2.75) is 32.4 Å². The minimum absolute atomic E-state index is 0.00688. The number of amidine groups is 3. The number of ether oxygens (including phenoxy) is 1. The van der Waals surface area contributed by atoms with Gasteiger partial charge in [-0.1, -0.05) is 0 Å². The third kappa shape index (κ3) is 6.29. The molecule has 180 valence electrons. The van der Waals surface area contributed by atoms with Crippen molar-refractivity contribution in [2.75, 3.05) is 58.8 Å². The maximum absolute atomic E-state index is 8.58. The molecule has 0 aliphatic carbocycles. The Morgan fingerprint density at radius 3 is 2.73 bits per heavy atom. The molecule has 33 heavy (non-hydrogen) atoms. The van der Waals surface area contributed by atoms with Gasteiger partial charge < -0.3 is 25.6 Å². The van der Waals surface area contributed by atoms with Crippen LogP contribution in [0, 0.1) is 17.7 Å². The number of anilines is 1. The van der Waals surface area contributed by atoms with Crippen LogP contribution < -0.4 is 16.0 Å². The van der Waals surface area contributed by atoms with E-state index in [1.54, 1.807) is 14.2 Å². The van der Waals surface area contributed by atoms with Gasteiger partial charge in [0.25, 0.3) is 0 Å². The number of hydrogen-bond donors (Lipinski definition) is 5. The fraction of sp³-hybridized carbons (Fsp3) is 0.565. The van der Waals surface area contributed by atoms with E-state index in [0.717, 1.165) is 49.4 Å². The molecule has 0 aromatic heterocycles. The van der Waals surface area contributed by atoms with E-state index in [4.69, 9.17) is 20.5 Å². The number of rotatable bonds is 6. The molecule has 1 unspecified atom stereocenters. The van der Waals surface area contributed by atoms with Gasteiger partial charge in [-0.15, -0.1) is 0 Å². The number of nitrogens with zero attached hydrogens (tertiary/aromatic N) is 4. The highest BCUT2D eigenvalue weighted by Crippen LogP contribution is 2.19. The van der Waals surface area contributed by atoms with Crippen molar-refractivity contribution in [3.63, 3.8) is 0 Å². The van der Waals surface area contributed by atoms with Crippen LogP contribution in [0.5, 0.6) is 0 Å². The Morgan fingerprint density at radius 2 is 2.06 bits per heavy atom. The number of nitrogens with one attached hydrogen (secondary N) is 5. The summed E-state index contributed by atoms with van der Waals surface area (Å²) in [5.41, 5.74) is 2.73. The van der Waals surface area contributed by atoms with Gasteiger partial charge in [0.2, 0.25) is 0 Å². The number of piperazine rings is 1. The van der Waals surface area contributed by atoms with E-state index >= 15 is 0 Å². The van der Waals surface area contributed by atoms with Gasteiger partial charge in [-0.25, -0.2) is 0 Å². The average Bonchev–Trinajstić information content (AvgIpc) is 2.83. The quantitative estimate of drug-likeness (QED) is 0.326. The summed E-state index contributed by atoms with van der Waals surface area (Å²) in [6.45, 7) is 8.91. The Morgan fingerprint density at radius 1 is 1.30 bits per heavy atom. The molecule has 10 nitrogen and oxygen atoms in total. The topological polar surface area (TPSA) is 124 Å². The molecule has 2 aliphatic rings. The van der Waals surface area contributed by atoms with Crippen molar-refractivity contribution in [1.29, 1.82) is 10.8 Å². The van der Waals surface area contributed by atoms with Gasteiger partial charge in [-0.3, -0.25) is 20.8 Å². The molecule has 0 saturated carbocycles. The predicted molar refractivity (Wildman–Crippen MR) is 135 cm³/mol. The highest BCUT2D eigenvalue weighted by Gasteiger charge is 2.26. The summed E-state index contributed by atoms with van der Waals surface area (Å²) >= 11 is 0. The van der Waals surface area contributed by atoms with Gasteiger partial charge in [-0.2, -0.15) is 5.10 Å². The molecule has 1 aromatic rings. The molecule has 1 fully saturated rings. The second kappa shape index (κ2) is 11.8. The highest BCUT2D eigenvalue weighted by molar-refractivity contribution is 6.43. The van der Waals surface area contributed by atoms with Crippen molar-refractivity contribution < 1.29 is 4.74 Å². The number of methoxy groups -OCH3 is 1. The Bertz CT molecular complexity index is 892. The lowest BCUT2D eigenvalue weighted by molar-refractivity contribution is 0.114. The number of likely N-dealkylation sites (N-methyl/N-ethyl adjacent to an activating group) is 1. The van der Waals surface area contributed by atoms with E-state index in [1.807, 2.05) is 36.3 Å². The number of benzene rings is 1. The third-order valence-corrected chi connectivity index (χ3v) is 6.08. The zero-order valence-electron chi connectivity index (χ0n) is 20.1. The monoisotopic (exact) mass is 455 g/mol. The van der Waals surface area contributed by atoms with E-state index in [9.17, 15) is 0 Å². The van der Waals surface area contributed by atoms with Crippen molar-refractivity contribution in [3.8, 4) is 0 Å². The van der Waals surface area contributed by atoms with Gasteiger partial charge in [0, 0.05) is 64.2 Å². The summed E-state index contributed by atoms with van der Waals surface area (Å²) in [5, 5.41) is 33.1. The van der Waals surface area contributed by atoms with Gasteiger partial charge in [0.1, 0.15) is 5.84 Å². The number of aryl methyl sites for hydroxylation is 1. The first kappa shape index (κ1) is 24.7. The molecule has 2 heterocycles. The van der Waals surface area contributed by atoms with Crippen LogP contribution in [0.25, 0.3) is 0 Å². The zero-order chi connectivity index (χ0) is 23.8. The molecule has 0 spiro atoms. The van der Waals surface area contributed by atoms with Crippen molar-refractivity contribution in [3.05, 3.63) is 29.3 Å². The summed E-state index contributed by atoms with van der Waals surface area (Å²) in [7, 11) is 3.46. The molecule has 0 radical (unpaired) electrons. The van der Waals surface area contributed by atoms with Gasteiger partial charge >= 0.3 is 0 Å². The van der Waals surface area contributed by atoms with Gasteiger partial charge in [-0.05, 0) is 37.6 Å². The largest absolute Gasteiger partial charge is 0.383 e. The van der Waals surface area contributed by atoms with Crippen molar-refractivity contribution >= 4 is 29.4 Å². The standard InChI is InChI=1S/C23H37N9O/c1-16-15-18(5-6-19(16)22(25)31-11-9-27-10-12-31)29-21(24)23(26-3)30-20-7-8-28-32(17(20)2)13-14-33-4/h5-6,8,15,17,20,25,27H,7,9-14H2,1-4H3,(H2,24,29)(H,26,30)/t17-,20?/m1/s1. The van der Waals surface area contributed by atoms with E-state index in [-0.39, 0.29) is 17.9 Å². The number of hydrogen-bond acceptors (Lipinski definition) is 7. The van der Waals surface area contributed by atoms with Crippen LogP contribution in [0.4, 0.5) is 5.69 Å². The van der Waals surface area contributed by atoms with Crippen LogP contribution in [0.3, 0.4) is 0 Å². The first-order valence-electron chi connectivity index (χ1n) is 11.5. The van der Waals surface area contributed by atoms with Crippen LogP contribution in [0.15, 0.2) is 28.3 Å². The van der Waals surface area contributed by atoms with Crippen LogP contribution in [0.2, 0.25) is 0 Å². The minimum atomic E-state index is -0.00688. The normalized spacial score (nSPS) is 21.2. The van der Waals surface area contributed by atoms with Crippen molar-refractivity contribution in [2.24, 2.45) is 10.1 Å². The number of hydrazone groups is 1. The zero-order valence-corrected chi connectivity index (χ0v) is 20.1. The number of aliphatic imine (C=N–C) groups is 1. The Labute approximate surface area is 196 Å². The molecule has 2 aliphatic heterocycles. The van der Waals surface area contributed by atoms with Crippen LogP contribution >= 0.6 is 0 Å². The molecule has 2 atom stereocenters. The van der Waals surface area contributed by atoms with Gasteiger partial charge in [0.15, 0.2) is 11.7 Å². The first-order chi connectivity index (χ1) is 15.9. The lowest BCUT2D eigenvalue weighted by Gasteiger charge is -2.33. The van der Waals surface area contributed by atoms with Crippen LogP contribution in [0.1, 0.15) is 24.5 Å². The summed E-state index contributed by atoms with van der Waals surface area (Å²) in [5.74, 6) is 1.27. The fourth-order valence-corrected chi connectivity index (χ4v) is 4.06. The smallest absolute Gasteiger partial charge is 0.165 e. The summed E-state index contributed by atoms with van der Waals surface area (Å²) in [6, 6.07) is 5.96. The molecule has 3 rings (SSSR count). The van der Waals surface area contributed by atoms with Crippen LogP contribution in [-0.2, 0) is 4.74 Å². The maximum Gasteiger partial charge on any atom is 0.165 e. The summed E-state index contributed by atoms with van der Waals surface area (Å²) in [4.78, 5) is 6.92. The molecule has 0 amide bonds. The average molecular weight is 456 g/mol. The molecular weight excluding hydrogens is 418 g/mol. The molecule has 5 N–H and O–H groups in total. The third-order valence-electron chi connectivity index (χ3n) is 6.08. The molecule has 1 saturated heterocycles. The predicted octanol–water partition coefficient (Wildman–Crippen LogP) is 1.33. The summed E-state index contributed by atoms with van der Waals surface area (Å²) in [6.07, 6.45) is 2.61. The SMILES string of the molecule is CNC(=NC1CC=NN(CCOC)[C@@H]1C)C(=N)Nc1ccc(C(=N)N2CCNCC2)c(C)c1. The molecule has 0 bridgehead atoms. The maximum atomic E-state index is 8.58. The Balaban J connectivity index is 1.67. The fourth-order valence-electron chi connectivity index (χ4n) is 4.06. The highest BCUT2D eigenvalue weighted by atomic mass is 16.5. The Kier molecular flexibility index (Phi) is 8.79. The second-order valence-electron chi connectivity index (χ2n) is 8.34. The van der Waals surface area contributed by atoms with E-state index in [0.29, 0.717) is 24.8 Å². The second-order valence-corrected chi connectivity index (χ2v) is 8.34. The molecule has 10 heteroatoms. The van der Waals surface area contributed by atoms with E-state index < -0.39 is 0 Å². The van der Waals surface area contributed by atoms with E-state index in [1.165, 1.54) is 0 Å². The first-order valence-corrected chi connectivity index (χ1v) is 11.5. The minimum Gasteiger partial charge on any atom is -0.383 e. The molecule has 1 aromatic carbocycles. The van der Waals surface area contributed by atoms with Crippen LogP contribution in [-0.4, -0.2) is 99.2 Å². The van der Waals surface area contributed by atoms with Crippen molar-refractivity contribution in [1.82, 2.24) is 20.5 Å². The lowest BCUT2D eigenvalue weighted by Crippen LogP contribution is -2.46. The lowest BCUT2D eigenvalue weighted by atomic mass is 10.1. The van der Waals surface area contributed by atoms with Gasteiger partial charge in [0.05, 0.1) is 25.2 Å². The van der Waals surface area contributed by atoms with E-state index in [2.05, 4.69) is 32.9 Å². The summed E-state index contributed by atoms with van der Waals surface area (Å²) < 4.78 is 5.18. The molecular formula is C23H37N9O.